The zero-order chi connectivity index (χ0) is 15.1. The summed E-state index contributed by atoms with van der Waals surface area (Å²) in [7, 11) is 0. The lowest BCUT2D eigenvalue weighted by Crippen LogP contribution is -2.28. The lowest BCUT2D eigenvalue weighted by atomic mass is 10.1. The van der Waals surface area contributed by atoms with Crippen molar-refractivity contribution in [3.05, 3.63) is 23.1 Å². The van der Waals surface area contributed by atoms with Crippen LogP contribution in [0.25, 0.3) is 11.2 Å². The van der Waals surface area contributed by atoms with Gasteiger partial charge in [0.2, 0.25) is 0 Å². The second-order valence-corrected chi connectivity index (χ2v) is 6.47. The molecule has 22 heavy (non-hydrogen) atoms. The van der Waals surface area contributed by atoms with Gasteiger partial charge >= 0.3 is 0 Å². The third kappa shape index (κ3) is 2.19. The van der Waals surface area contributed by atoms with Gasteiger partial charge < -0.3 is 9.47 Å². The molecule has 0 N–H and O–H groups in total. The van der Waals surface area contributed by atoms with E-state index in [0.29, 0.717) is 0 Å². The summed E-state index contributed by atoms with van der Waals surface area (Å²) in [4.78, 5) is 24.3. The monoisotopic (exact) mass is 298 g/mol. The van der Waals surface area contributed by atoms with E-state index < -0.39 is 0 Å². The fourth-order valence-corrected chi connectivity index (χ4v) is 3.67. The molecule has 1 fully saturated rings. The summed E-state index contributed by atoms with van der Waals surface area (Å²) in [6.07, 6.45) is 6.81. The van der Waals surface area contributed by atoms with Gasteiger partial charge in [0.05, 0.1) is 5.56 Å². The molecule has 1 saturated heterocycles. The smallest absolute Gasteiger partial charge is 0.256 e. The van der Waals surface area contributed by atoms with Crippen LogP contribution in [0.2, 0.25) is 0 Å². The first kappa shape index (κ1) is 13.7. The number of rotatable bonds is 1. The first-order valence-electron chi connectivity index (χ1n) is 8.40. The minimum absolute atomic E-state index is 0.126. The fraction of sp³-hybridized carbons (Fsp3) is 0.588. The molecule has 2 aromatic heterocycles. The van der Waals surface area contributed by atoms with E-state index in [-0.39, 0.29) is 5.91 Å². The summed E-state index contributed by atoms with van der Waals surface area (Å²) in [5, 5.41) is 0. The zero-order valence-corrected chi connectivity index (χ0v) is 13.1. The van der Waals surface area contributed by atoms with E-state index in [9.17, 15) is 4.79 Å². The normalized spacial score (nSPS) is 18.5. The summed E-state index contributed by atoms with van der Waals surface area (Å²) >= 11 is 0. The standard InChI is InChI=1S/C17H22N4O/c1-12-11-13(17(22)20-8-5-6-9-20)15-16(18-12)21-10-4-2-3-7-14(21)19-15/h11H,2-10H2,1H3. The number of hydrogen-bond donors (Lipinski definition) is 0. The summed E-state index contributed by atoms with van der Waals surface area (Å²) in [5.74, 6) is 1.22. The maximum Gasteiger partial charge on any atom is 0.256 e. The zero-order valence-electron chi connectivity index (χ0n) is 13.1. The van der Waals surface area contributed by atoms with E-state index in [4.69, 9.17) is 4.98 Å². The van der Waals surface area contributed by atoms with Crippen molar-refractivity contribution in [2.45, 2.75) is 52.0 Å². The molecule has 5 heteroatoms. The number of nitrogens with zero attached hydrogens (tertiary/aromatic N) is 4. The van der Waals surface area contributed by atoms with E-state index in [0.717, 1.165) is 67.1 Å². The van der Waals surface area contributed by atoms with E-state index in [1.165, 1.54) is 19.3 Å². The molecule has 116 valence electrons. The Hall–Kier alpha value is -1.91. The Morgan fingerprint density at radius 1 is 1.05 bits per heavy atom. The van der Waals surface area contributed by atoms with Crippen LogP contribution in [0.3, 0.4) is 0 Å². The van der Waals surface area contributed by atoms with Crippen LogP contribution in [0.15, 0.2) is 6.07 Å². The van der Waals surface area contributed by atoms with Gasteiger partial charge in [0.1, 0.15) is 11.3 Å². The van der Waals surface area contributed by atoms with Gasteiger partial charge in [0, 0.05) is 31.7 Å². The van der Waals surface area contributed by atoms with E-state index >= 15 is 0 Å². The number of pyridine rings is 1. The van der Waals surface area contributed by atoms with Crippen LogP contribution in [0, 0.1) is 6.92 Å². The molecule has 2 aromatic rings. The maximum absolute atomic E-state index is 12.8. The quantitative estimate of drug-likeness (QED) is 0.813. The average Bonchev–Trinajstić information content (AvgIpc) is 3.09. The highest BCUT2D eigenvalue weighted by atomic mass is 16.2. The predicted molar refractivity (Wildman–Crippen MR) is 85.0 cm³/mol. The number of aromatic nitrogens is 3. The van der Waals surface area contributed by atoms with Crippen LogP contribution >= 0.6 is 0 Å². The summed E-state index contributed by atoms with van der Waals surface area (Å²) in [5.41, 5.74) is 3.35. The number of aryl methyl sites for hydroxylation is 3. The number of carbonyl (C=O) groups excluding carboxylic acids is 1. The van der Waals surface area contributed by atoms with Gasteiger partial charge in [-0.1, -0.05) is 6.42 Å². The van der Waals surface area contributed by atoms with E-state index in [1.807, 2.05) is 17.9 Å². The number of amides is 1. The highest BCUT2D eigenvalue weighted by molar-refractivity contribution is 6.04. The minimum Gasteiger partial charge on any atom is -0.339 e. The van der Waals surface area contributed by atoms with E-state index in [2.05, 4.69) is 9.55 Å². The van der Waals surface area contributed by atoms with Gasteiger partial charge in [-0.2, -0.15) is 0 Å². The van der Waals surface area contributed by atoms with Crippen LogP contribution < -0.4 is 0 Å². The van der Waals surface area contributed by atoms with Crippen molar-refractivity contribution in [3.63, 3.8) is 0 Å². The molecule has 4 heterocycles. The molecule has 0 spiro atoms. The van der Waals surface area contributed by atoms with Crippen molar-refractivity contribution >= 4 is 17.1 Å². The van der Waals surface area contributed by atoms with Crippen molar-refractivity contribution in [2.24, 2.45) is 0 Å². The molecular formula is C17H22N4O. The van der Waals surface area contributed by atoms with Crippen molar-refractivity contribution in [3.8, 4) is 0 Å². The van der Waals surface area contributed by atoms with E-state index in [1.54, 1.807) is 0 Å². The van der Waals surface area contributed by atoms with Crippen LogP contribution in [-0.4, -0.2) is 38.4 Å². The van der Waals surface area contributed by atoms with Crippen LogP contribution in [-0.2, 0) is 13.0 Å². The molecule has 0 radical (unpaired) electrons. The molecule has 2 aliphatic rings. The molecule has 0 aromatic carbocycles. The number of imidazole rings is 1. The number of carbonyl (C=O) groups is 1. The molecule has 0 saturated carbocycles. The number of likely N-dealkylation sites (tertiary alicyclic amines) is 1. The van der Waals surface area contributed by atoms with Gasteiger partial charge in [-0.15, -0.1) is 0 Å². The SMILES string of the molecule is Cc1cc(C(=O)N2CCCC2)c2nc3n(c2n1)CCCCC3. The predicted octanol–water partition coefficient (Wildman–Crippen LogP) is 2.70. The minimum atomic E-state index is 0.126. The van der Waals surface area contributed by atoms with Crippen LogP contribution in [0.4, 0.5) is 0 Å². The van der Waals surface area contributed by atoms with Crippen molar-refractivity contribution < 1.29 is 4.79 Å². The molecule has 0 bridgehead atoms. The second kappa shape index (κ2) is 5.38. The largest absolute Gasteiger partial charge is 0.339 e. The molecule has 0 aliphatic carbocycles. The third-order valence-electron chi connectivity index (χ3n) is 4.82. The Balaban J connectivity index is 1.86. The molecule has 0 atom stereocenters. The van der Waals surface area contributed by atoms with Gasteiger partial charge in [0.15, 0.2) is 5.65 Å². The summed E-state index contributed by atoms with van der Waals surface area (Å²) < 4.78 is 2.23. The van der Waals surface area contributed by atoms with Gasteiger partial charge in [-0.3, -0.25) is 4.79 Å². The Morgan fingerprint density at radius 3 is 2.64 bits per heavy atom. The molecule has 5 nitrogen and oxygen atoms in total. The van der Waals surface area contributed by atoms with Crippen molar-refractivity contribution in [1.29, 1.82) is 0 Å². The summed E-state index contributed by atoms with van der Waals surface area (Å²) in [6, 6.07) is 1.91. The van der Waals surface area contributed by atoms with Crippen LogP contribution in [0.5, 0.6) is 0 Å². The third-order valence-corrected chi connectivity index (χ3v) is 4.82. The average molecular weight is 298 g/mol. The number of fused-ring (bicyclic) bond motifs is 3. The van der Waals surface area contributed by atoms with Crippen molar-refractivity contribution in [1.82, 2.24) is 19.4 Å². The van der Waals surface area contributed by atoms with Gasteiger partial charge in [-0.25, -0.2) is 9.97 Å². The van der Waals surface area contributed by atoms with Gasteiger partial charge in [-0.05, 0) is 38.7 Å². The fourth-order valence-electron chi connectivity index (χ4n) is 3.67. The molecule has 2 aliphatic heterocycles. The topological polar surface area (TPSA) is 51.0 Å². The molecule has 4 rings (SSSR count). The van der Waals surface area contributed by atoms with Crippen molar-refractivity contribution in [2.75, 3.05) is 13.1 Å². The Bertz CT molecular complexity index is 728. The number of hydrogen-bond acceptors (Lipinski definition) is 3. The lowest BCUT2D eigenvalue weighted by Gasteiger charge is -2.15. The molecule has 0 unspecified atom stereocenters. The summed E-state index contributed by atoms with van der Waals surface area (Å²) in [6.45, 7) is 4.68. The maximum atomic E-state index is 12.8. The Kier molecular flexibility index (Phi) is 3.36. The Morgan fingerprint density at radius 2 is 1.82 bits per heavy atom. The highest BCUT2D eigenvalue weighted by Crippen LogP contribution is 2.25. The molecular weight excluding hydrogens is 276 g/mol. The lowest BCUT2D eigenvalue weighted by molar-refractivity contribution is 0.0794. The first-order chi connectivity index (χ1) is 10.7. The van der Waals surface area contributed by atoms with Crippen LogP contribution in [0.1, 0.15) is 54.0 Å². The molecule has 1 amide bonds. The van der Waals surface area contributed by atoms with Gasteiger partial charge in [0.25, 0.3) is 5.91 Å². The Labute approximate surface area is 130 Å². The second-order valence-electron chi connectivity index (χ2n) is 6.47. The first-order valence-corrected chi connectivity index (χ1v) is 8.40. The highest BCUT2D eigenvalue weighted by Gasteiger charge is 2.25.